The average molecular weight is 284 g/mol. The number of carbonyl (C=O) groups is 2. The highest BCUT2D eigenvalue weighted by atomic mass is 16.2. The summed E-state index contributed by atoms with van der Waals surface area (Å²) in [6.45, 7) is 10.2. The molecule has 0 saturated carbocycles. The SMILES string of the molecule is CCNC(=O)NC(=O)C(C)N(CC1CCCN1)C(C)C. The molecule has 1 rings (SSSR count). The van der Waals surface area contributed by atoms with Gasteiger partial charge < -0.3 is 10.6 Å². The molecule has 0 spiro atoms. The van der Waals surface area contributed by atoms with Gasteiger partial charge in [0.1, 0.15) is 0 Å². The molecule has 0 aromatic heterocycles. The molecule has 0 bridgehead atoms. The molecule has 6 nitrogen and oxygen atoms in total. The Morgan fingerprint density at radius 3 is 2.55 bits per heavy atom. The minimum absolute atomic E-state index is 0.248. The number of amides is 3. The fraction of sp³-hybridized carbons (Fsp3) is 0.857. The maximum atomic E-state index is 12.1. The summed E-state index contributed by atoms with van der Waals surface area (Å²) in [6, 6.07) is -0.0449. The molecule has 1 fully saturated rings. The molecule has 6 heteroatoms. The molecule has 3 N–H and O–H groups in total. The summed E-state index contributed by atoms with van der Waals surface area (Å²) in [5.74, 6) is -0.248. The van der Waals surface area contributed by atoms with Gasteiger partial charge in [0.25, 0.3) is 0 Å². The van der Waals surface area contributed by atoms with Crippen molar-refractivity contribution >= 4 is 11.9 Å². The Morgan fingerprint density at radius 1 is 1.35 bits per heavy atom. The minimum atomic E-state index is -0.424. The van der Waals surface area contributed by atoms with Crippen molar-refractivity contribution < 1.29 is 9.59 Å². The summed E-state index contributed by atoms with van der Waals surface area (Å²) in [4.78, 5) is 25.7. The van der Waals surface area contributed by atoms with E-state index in [4.69, 9.17) is 0 Å². The van der Waals surface area contributed by atoms with Gasteiger partial charge in [0.2, 0.25) is 5.91 Å². The lowest BCUT2D eigenvalue weighted by Crippen LogP contribution is -2.54. The Kier molecular flexibility index (Phi) is 6.95. The molecule has 1 aliphatic heterocycles. The van der Waals surface area contributed by atoms with Gasteiger partial charge in [0.15, 0.2) is 0 Å². The Morgan fingerprint density at radius 2 is 2.05 bits per heavy atom. The number of hydrogen-bond acceptors (Lipinski definition) is 4. The lowest BCUT2D eigenvalue weighted by atomic mass is 10.1. The van der Waals surface area contributed by atoms with E-state index in [2.05, 4.69) is 34.7 Å². The van der Waals surface area contributed by atoms with Crippen LogP contribution in [0.3, 0.4) is 0 Å². The highest BCUT2D eigenvalue weighted by Crippen LogP contribution is 2.12. The lowest BCUT2D eigenvalue weighted by molar-refractivity contribution is -0.125. The third-order valence-electron chi connectivity index (χ3n) is 3.71. The molecule has 1 aliphatic rings. The average Bonchev–Trinajstić information content (AvgIpc) is 2.87. The highest BCUT2D eigenvalue weighted by Gasteiger charge is 2.28. The second-order valence-corrected chi connectivity index (χ2v) is 5.61. The molecule has 0 radical (unpaired) electrons. The van der Waals surface area contributed by atoms with Crippen LogP contribution >= 0.6 is 0 Å². The first-order valence-electron chi connectivity index (χ1n) is 7.53. The molecule has 2 unspecified atom stereocenters. The van der Waals surface area contributed by atoms with Gasteiger partial charge in [-0.25, -0.2) is 4.79 Å². The Bertz CT molecular complexity index is 327. The van der Waals surface area contributed by atoms with E-state index >= 15 is 0 Å². The van der Waals surface area contributed by atoms with Crippen molar-refractivity contribution in [3.63, 3.8) is 0 Å². The Labute approximate surface area is 121 Å². The van der Waals surface area contributed by atoms with Crippen molar-refractivity contribution in [1.82, 2.24) is 20.9 Å². The summed E-state index contributed by atoms with van der Waals surface area (Å²) in [5.41, 5.74) is 0. The summed E-state index contributed by atoms with van der Waals surface area (Å²) < 4.78 is 0. The molecule has 0 aliphatic carbocycles. The maximum Gasteiger partial charge on any atom is 0.321 e. The fourth-order valence-corrected chi connectivity index (χ4v) is 2.55. The van der Waals surface area contributed by atoms with E-state index in [1.54, 1.807) is 0 Å². The first-order chi connectivity index (χ1) is 9.45. The summed E-state index contributed by atoms with van der Waals surface area (Å²) in [6.07, 6.45) is 2.34. The fourth-order valence-electron chi connectivity index (χ4n) is 2.55. The quantitative estimate of drug-likeness (QED) is 0.671. The largest absolute Gasteiger partial charge is 0.338 e. The van der Waals surface area contributed by atoms with Crippen LogP contribution in [0.2, 0.25) is 0 Å². The number of urea groups is 1. The zero-order chi connectivity index (χ0) is 15.1. The van der Waals surface area contributed by atoms with E-state index in [9.17, 15) is 9.59 Å². The molecule has 3 amide bonds. The number of carbonyl (C=O) groups excluding carboxylic acids is 2. The second kappa shape index (κ2) is 8.21. The van der Waals surface area contributed by atoms with Gasteiger partial charge in [0, 0.05) is 25.2 Å². The maximum absolute atomic E-state index is 12.1. The first-order valence-corrected chi connectivity index (χ1v) is 7.53. The molecule has 2 atom stereocenters. The van der Waals surface area contributed by atoms with E-state index in [-0.39, 0.29) is 18.0 Å². The number of nitrogens with one attached hydrogen (secondary N) is 3. The van der Waals surface area contributed by atoms with Crippen LogP contribution in [0, 0.1) is 0 Å². The van der Waals surface area contributed by atoms with E-state index in [1.807, 2.05) is 13.8 Å². The monoisotopic (exact) mass is 284 g/mol. The van der Waals surface area contributed by atoms with Gasteiger partial charge in [-0.3, -0.25) is 15.0 Å². The molecule has 0 aromatic carbocycles. The van der Waals surface area contributed by atoms with Crippen LogP contribution in [0.1, 0.15) is 40.5 Å². The summed E-state index contributed by atoms with van der Waals surface area (Å²) in [5, 5.41) is 8.40. The van der Waals surface area contributed by atoms with E-state index in [0.717, 1.165) is 19.5 Å². The van der Waals surface area contributed by atoms with Crippen LogP contribution in [0.25, 0.3) is 0 Å². The molecule has 116 valence electrons. The zero-order valence-corrected chi connectivity index (χ0v) is 13.0. The Hall–Kier alpha value is -1.14. The van der Waals surface area contributed by atoms with Crippen LogP contribution in [0.4, 0.5) is 4.79 Å². The second-order valence-electron chi connectivity index (χ2n) is 5.61. The van der Waals surface area contributed by atoms with Gasteiger partial charge in [-0.15, -0.1) is 0 Å². The molecule has 1 saturated heterocycles. The lowest BCUT2D eigenvalue weighted by Gasteiger charge is -2.33. The van der Waals surface area contributed by atoms with Crippen molar-refractivity contribution in [2.75, 3.05) is 19.6 Å². The van der Waals surface area contributed by atoms with E-state index in [0.29, 0.717) is 12.6 Å². The third kappa shape index (κ3) is 5.09. The van der Waals surface area contributed by atoms with Gasteiger partial charge in [-0.2, -0.15) is 0 Å². The van der Waals surface area contributed by atoms with Crippen molar-refractivity contribution in [2.24, 2.45) is 0 Å². The van der Waals surface area contributed by atoms with Crippen molar-refractivity contribution in [2.45, 2.75) is 58.7 Å². The smallest absolute Gasteiger partial charge is 0.321 e. The predicted octanol–water partition coefficient (Wildman–Crippen LogP) is 0.683. The normalized spacial score (nSPS) is 20.2. The van der Waals surface area contributed by atoms with Gasteiger partial charge >= 0.3 is 6.03 Å². The number of nitrogens with zero attached hydrogens (tertiary/aromatic N) is 1. The topological polar surface area (TPSA) is 73.5 Å². The van der Waals surface area contributed by atoms with Crippen molar-refractivity contribution in [3.05, 3.63) is 0 Å². The van der Waals surface area contributed by atoms with E-state index in [1.165, 1.54) is 6.42 Å². The number of imide groups is 1. The van der Waals surface area contributed by atoms with Crippen LogP contribution in [-0.4, -0.2) is 54.6 Å². The van der Waals surface area contributed by atoms with Gasteiger partial charge in [-0.1, -0.05) is 0 Å². The molecular weight excluding hydrogens is 256 g/mol. The van der Waals surface area contributed by atoms with Gasteiger partial charge in [-0.05, 0) is 47.1 Å². The van der Waals surface area contributed by atoms with Crippen LogP contribution in [0.5, 0.6) is 0 Å². The molecular formula is C14H28N4O2. The van der Waals surface area contributed by atoms with Crippen LogP contribution in [0.15, 0.2) is 0 Å². The number of rotatable bonds is 6. The zero-order valence-electron chi connectivity index (χ0n) is 13.0. The summed E-state index contributed by atoms with van der Waals surface area (Å²) >= 11 is 0. The minimum Gasteiger partial charge on any atom is -0.338 e. The molecule has 1 heterocycles. The highest BCUT2D eigenvalue weighted by molar-refractivity contribution is 5.96. The standard InChI is InChI=1S/C14H28N4O2/c1-5-15-14(20)17-13(19)11(4)18(10(2)3)9-12-7-6-8-16-12/h10-12,16H,5-9H2,1-4H3,(H2,15,17,19,20). The number of hydrogen-bond donors (Lipinski definition) is 3. The molecule has 0 aromatic rings. The third-order valence-corrected chi connectivity index (χ3v) is 3.71. The predicted molar refractivity (Wildman–Crippen MR) is 79.5 cm³/mol. The van der Waals surface area contributed by atoms with E-state index < -0.39 is 6.03 Å². The first kappa shape index (κ1) is 16.9. The van der Waals surface area contributed by atoms with Crippen molar-refractivity contribution in [3.8, 4) is 0 Å². The van der Waals surface area contributed by atoms with Gasteiger partial charge in [0.05, 0.1) is 6.04 Å². The molecule has 20 heavy (non-hydrogen) atoms. The van der Waals surface area contributed by atoms with Crippen molar-refractivity contribution in [1.29, 1.82) is 0 Å². The summed E-state index contributed by atoms with van der Waals surface area (Å²) in [7, 11) is 0. The van der Waals surface area contributed by atoms with Crippen LogP contribution in [-0.2, 0) is 4.79 Å². The van der Waals surface area contributed by atoms with Crippen LogP contribution < -0.4 is 16.0 Å². The Balaban J connectivity index is 2.55.